The number of rotatable bonds is 3. The van der Waals surface area contributed by atoms with Crippen LogP contribution in [0.25, 0.3) is 0 Å². The van der Waals surface area contributed by atoms with Gasteiger partial charge in [-0.05, 0) is 43.2 Å². The van der Waals surface area contributed by atoms with E-state index >= 15 is 0 Å². The van der Waals surface area contributed by atoms with E-state index in [2.05, 4.69) is 10.6 Å². The van der Waals surface area contributed by atoms with E-state index in [1.165, 1.54) is 0 Å². The summed E-state index contributed by atoms with van der Waals surface area (Å²) in [4.78, 5) is 12.5. The predicted molar refractivity (Wildman–Crippen MR) is 89.9 cm³/mol. The van der Waals surface area contributed by atoms with E-state index < -0.39 is 0 Å². The second kappa shape index (κ2) is 6.37. The Kier molecular flexibility index (Phi) is 4.76. The average molecular weight is 323 g/mol. The monoisotopic (exact) mass is 322 g/mol. The average Bonchev–Trinajstić information content (AvgIpc) is 2.47. The second-order valence-corrected chi connectivity index (χ2v) is 5.59. The molecule has 0 aliphatic heterocycles. The van der Waals surface area contributed by atoms with Gasteiger partial charge in [0.2, 0.25) is 0 Å². The van der Waals surface area contributed by atoms with Gasteiger partial charge in [-0.25, -0.2) is 0 Å². The summed E-state index contributed by atoms with van der Waals surface area (Å²) in [6.45, 7) is 3.83. The standard InChI is InChI=1S/C16H16Cl2N2O/c1-9-4-6-11(13(8-9)19-3)16(21)20-15-12(17)7-5-10(2)14(15)18/h4-8,19H,1-3H3,(H,20,21). The summed E-state index contributed by atoms with van der Waals surface area (Å²) in [5.74, 6) is -0.256. The normalized spacial score (nSPS) is 10.3. The zero-order valence-corrected chi connectivity index (χ0v) is 13.6. The lowest BCUT2D eigenvalue weighted by Crippen LogP contribution is -2.15. The van der Waals surface area contributed by atoms with Crippen LogP contribution in [-0.4, -0.2) is 13.0 Å². The van der Waals surface area contributed by atoms with Crippen LogP contribution in [-0.2, 0) is 0 Å². The molecule has 3 nitrogen and oxygen atoms in total. The van der Waals surface area contributed by atoms with E-state index in [0.717, 1.165) is 16.8 Å². The molecule has 0 atom stereocenters. The van der Waals surface area contributed by atoms with Crippen molar-refractivity contribution in [3.8, 4) is 0 Å². The molecule has 2 N–H and O–H groups in total. The first-order valence-electron chi connectivity index (χ1n) is 6.48. The van der Waals surface area contributed by atoms with Gasteiger partial charge >= 0.3 is 0 Å². The minimum Gasteiger partial charge on any atom is -0.387 e. The molecule has 0 fully saturated rings. The van der Waals surface area contributed by atoms with Gasteiger partial charge in [-0.15, -0.1) is 0 Å². The highest BCUT2D eigenvalue weighted by atomic mass is 35.5. The fourth-order valence-corrected chi connectivity index (χ4v) is 2.48. The van der Waals surface area contributed by atoms with Crippen molar-refractivity contribution in [2.75, 3.05) is 17.7 Å². The Morgan fingerprint density at radius 3 is 2.48 bits per heavy atom. The molecular formula is C16H16Cl2N2O. The molecule has 0 unspecified atom stereocenters. The first-order chi connectivity index (χ1) is 9.93. The molecule has 0 saturated carbocycles. The Bertz CT molecular complexity index is 699. The van der Waals surface area contributed by atoms with Gasteiger partial charge in [0.1, 0.15) is 0 Å². The summed E-state index contributed by atoms with van der Waals surface area (Å²) in [7, 11) is 1.78. The zero-order chi connectivity index (χ0) is 15.6. The van der Waals surface area contributed by atoms with Crippen LogP contribution in [0.2, 0.25) is 10.0 Å². The molecule has 0 aliphatic carbocycles. The van der Waals surface area contributed by atoms with Gasteiger partial charge in [-0.1, -0.05) is 35.3 Å². The molecule has 2 rings (SSSR count). The lowest BCUT2D eigenvalue weighted by atomic mass is 10.1. The molecule has 0 bridgehead atoms. The molecule has 110 valence electrons. The molecule has 0 saturated heterocycles. The van der Waals surface area contributed by atoms with E-state index in [-0.39, 0.29) is 5.91 Å². The number of benzene rings is 2. The quantitative estimate of drug-likeness (QED) is 0.843. The molecule has 0 spiro atoms. The number of aryl methyl sites for hydroxylation is 2. The van der Waals surface area contributed by atoms with Crippen LogP contribution in [0, 0.1) is 13.8 Å². The van der Waals surface area contributed by atoms with Crippen molar-refractivity contribution in [1.82, 2.24) is 0 Å². The van der Waals surface area contributed by atoms with Gasteiger partial charge in [-0.3, -0.25) is 4.79 Å². The third-order valence-corrected chi connectivity index (χ3v) is 4.01. The number of halogens is 2. The van der Waals surface area contributed by atoms with Gasteiger partial charge in [0, 0.05) is 12.7 Å². The lowest BCUT2D eigenvalue weighted by molar-refractivity contribution is 0.102. The van der Waals surface area contributed by atoms with Crippen molar-refractivity contribution in [2.45, 2.75) is 13.8 Å². The summed E-state index contributed by atoms with van der Waals surface area (Å²) < 4.78 is 0. The lowest BCUT2D eigenvalue weighted by Gasteiger charge is -2.13. The molecular weight excluding hydrogens is 307 g/mol. The number of nitrogens with one attached hydrogen (secondary N) is 2. The molecule has 1 amide bonds. The predicted octanol–water partition coefficient (Wildman–Crippen LogP) is 4.90. The fraction of sp³-hybridized carbons (Fsp3) is 0.188. The van der Waals surface area contributed by atoms with Crippen molar-refractivity contribution < 1.29 is 4.79 Å². The van der Waals surface area contributed by atoms with Crippen LogP contribution in [0.5, 0.6) is 0 Å². The largest absolute Gasteiger partial charge is 0.387 e. The summed E-state index contributed by atoms with van der Waals surface area (Å²) in [5, 5.41) is 6.67. The Hall–Kier alpha value is -1.71. The van der Waals surface area contributed by atoms with E-state index in [0.29, 0.717) is 21.3 Å². The maximum Gasteiger partial charge on any atom is 0.257 e. The second-order valence-electron chi connectivity index (χ2n) is 4.81. The summed E-state index contributed by atoms with van der Waals surface area (Å²) >= 11 is 12.3. The van der Waals surface area contributed by atoms with E-state index in [1.807, 2.05) is 32.0 Å². The molecule has 0 radical (unpaired) electrons. The first kappa shape index (κ1) is 15.7. The smallest absolute Gasteiger partial charge is 0.257 e. The zero-order valence-electron chi connectivity index (χ0n) is 12.1. The number of hydrogen-bond donors (Lipinski definition) is 2. The molecule has 21 heavy (non-hydrogen) atoms. The Balaban J connectivity index is 2.37. The molecule has 5 heteroatoms. The molecule has 2 aromatic carbocycles. The highest BCUT2D eigenvalue weighted by molar-refractivity contribution is 6.40. The van der Waals surface area contributed by atoms with Crippen molar-refractivity contribution >= 4 is 40.5 Å². The number of anilines is 2. The van der Waals surface area contributed by atoms with Gasteiger partial charge < -0.3 is 10.6 Å². The van der Waals surface area contributed by atoms with Crippen molar-refractivity contribution in [3.63, 3.8) is 0 Å². The fourth-order valence-electron chi connectivity index (χ4n) is 2.02. The first-order valence-corrected chi connectivity index (χ1v) is 7.24. The van der Waals surface area contributed by atoms with Crippen molar-refractivity contribution in [1.29, 1.82) is 0 Å². The molecule has 0 aromatic heterocycles. The Morgan fingerprint density at radius 2 is 1.81 bits per heavy atom. The SMILES string of the molecule is CNc1cc(C)ccc1C(=O)Nc1c(Cl)ccc(C)c1Cl. The van der Waals surface area contributed by atoms with Gasteiger partial charge in [0.15, 0.2) is 0 Å². The van der Waals surface area contributed by atoms with Gasteiger partial charge in [-0.2, -0.15) is 0 Å². The van der Waals surface area contributed by atoms with Crippen molar-refractivity contribution in [2.24, 2.45) is 0 Å². The van der Waals surface area contributed by atoms with E-state index in [9.17, 15) is 4.79 Å². The summed E-state index contributed by atoms with van der Waals surface area (Å²) in [6, 6.07) is 9.09. The van der Waals surface area contributed by atoms with E-state index in [1.54, 1.807) is 19.2 Å². The molecule has 0 heterocycles. The van der Waals surface area contributed by atoms with Crippen LogP contribution in [0.1, 0.15) is 21.5 Å². The van der Waals surface area contributed by atoms with Gasteiger partial charge in [0.25, 0.3) is 5.91 Å². The number of carbonyl (C=O) groups excluding carboxylic acids is 1. The molecule has 2 aromatic rings. The highest BCUT2D eigenvalue weighted by Crippen LogP contribution is 2.33. The third-order valence-electron chi connectivity index (χ3n) is 3.21. The maximum atomic E-state index is 12.5. The van der Waals surface area contributed by atoms with Crippen molar-refractivity contribution in [3.05, 3.63) is 57.1 Å². The number of hydrogen-bond acceptors (Lipinski definition) is 2. The van der Waals surface area contributed by atoms with Crippen LogP contribution >= 0.6 is 23.2 Å². The highest BCUT2D eigenvalue weighted by Gasteiger charge is 2.15. The maximum absolute atomic E-state index is 12.5. The minimum absolute atomic E-state index is 0.256. The van der Waals surface area contributed by atoms with Crippen LogP contribution < -0.4 is 10.6 Å². The Morgan fingerprint density at radius 1 is 1.10 bits per heavy atom. The molecule has 0 aliphatic rings. The Labute approximate surface area is 134 Å². The van der Waals surface area contributed by atoms with Crippen LogP contribution in [0.15, 0.2) is 30.3 Å². The number of amides is 1. The summed E-state index contributed by atoms with van der Waals surface area (Å²) in [5.41, 5.74) is 3.66. The van der Waals surface area contributed by atoms with Crippen LogP contribution in [0.3, 0.4) is 0 Å². The minimum atomic E-state index is -0.256. The van der Waals surface area contributed by atoms with Crippen LogP contribution in [0.4, 0.5) is 11.4 Å². The topological polar surface area (TPSA) is 41.1 Å². The number of carbonyl (C=O) groups is 1. The van der Waals surface area contributed by atoms with Gasteiger partial charge in [0.05, 0.1) is 21.3 Å². The third kappa shape index (κ3) is 3.31. The summed E-state index contributed by atoms with van der Waals surface area (Å²) in [6.07, 6.45) is 0. The van der Waals surface area contributed by atoms with E-state index in [4.69, 9.17) is 23.2 Å².